The maximum absolute atomic E-state index is 11.5. The van der Waals surface area contributed by atoms with Gasteiger partial charge in [0.15, 0.2) is 0 Å². The SMILES string of the molecule is COCC(=O)Nc1cc(C(=O)O)ccc1C(C)[N+](=O)[O-]. The largest absolute Gasteiger partial charge is 0.478 e. The van der Waals surface area contributed by atoms with Gasteiger partial charge in [0.1, 0.15) is 6.61 Å². The molecular formula is C12H14N2O6. The number of ether oxygens (including phenoxy) is 1. The third-order valence-electron chi connectivity index (χ3n) is 2.62. The molecule has 2 N–H and O–H groups in total. The van der Waals surface area contributed by atoms with Crippen molar-refractivity contribution in [1.82, 2.24) is 0 Å². The average Bonchev–Trinajstić information content (AvgIpc) is 2.37. The van der Waals surface area contributed by atoms with E-state index in [1.165, 1.54) is 32.2 Å². The predicted octanol–water partition coefficient (Wildman–Crippen LogP) is 1.31. The summed E-state index contributed by atoms with van der Waals surface area (Å²) in [4.78, 5) is 32.7. The number of benzene rings is 1. The molecule has 1 atom stereocenters. The van der Waals surface area contributed by atoms with E-state index in [1.807, 2.05) is 0 Å². The van der Waals surface area contributed by atoms with Gasteiger partial charge in [-0.05, 0) is 18.2 Å². The lowest BCUT2D eigenvalue weighted by molar-refractivity contribution is -0.524. The van der Waals surface area contributed by atoms with Crippen molar-refractivity contribution in [3.8, 4) is 0 Å². The molecule has 20 heavy (non-hydrogen) atoms. The van der Waals surface area contributed by atoms with Crippen LogP contribution < -0.4 is 5.32 Å². The molecule has 0 aromatic heterocycles. The van der Waals surface area contributed by atoms with E-state index in [0.29, 0.717) is 0 Å². The van der Waals surface area contributed by atoms with Crippen molar-refractivity contribution in [2.45, 2.75) is 13.0 Å². The number of aromatic carboxylic acids is 1. The van der Waals surface area contributed by atoms with E-state index >= 15 is 0 Å². The summed E-state index contributed by atoms with van der Waals surface area (Å²) < 4.78 is 4.64. The Labute approximate surface area is 114 Å². The van der Waals surface area contributed by atoms with E-state index in [1.54, 1.807) is 0 Å². The molecule has 0 aliphatic carbocycles. The van der Waals surface area contributed by atoms with Crippen LogP contribution in [0.5, 0.6) is 0 Å². The van der Waals surface area contributed by atoms with Crippen LogP contribution >= 0.6 is 0 Å². The third kappa shape index (κ3) is 3.75. The quantitative estimate of drug-likeness (QED) is 0.599. The summed E-state index contributed by atoms with van der Waals surface area (Å²) in [6.45, 7) is 1.12. The first kappa shape index (κ1) is 15.6. The van der Waals surface area contributed by atoms with Gasteiger partial charge in [-0.1, -0.05) is 0 Å². The number of hydrogen-bond donors (Lipinski definition) is 2. The zero-order valence-corrected chi connectivity index (χ0v) is 11.0. The summed E-state index contributed by atoms with van der Waals surface area (Å²) in [5, 5.41) is 22.2. The molecule has 1 amide bonds. The van der Waals surface area contributed by atoms with Crippen LogP contribution in [0, 0.1) is 10.1 Å². The van der Waals surface area contributed by atoms with Crippen LogP contribution in [-0.4, -0.2) is 35.6 Å². The molecule has 1 aromatic carbocycles. The van der Waals surface area contributed by atoms with Crippen molar-refractivity contribution in [2.24, 2.45) is 0 Å². The fourth-order valence-electron chi connectivity index (χ4n) is 1.59. The lowest BCUT2D eigenvalue weighted by Crippen LogP contribution is -2.20. The number of amides is 1. The summed E-state index contributed by atoms with van der Waals surface area (Å²) >= 11 is 0. The standard InChI is InChI=1S/C12H14N2O6/c1-7(14(18)19)9-4-3-8(12(16)17)5-10(9)13-11(15)6-20-2/h3-5,7H,6H2,1-2H3,(H,13,15)(H,16,17). The zero-order chi connectivity index (χ0) is 15.3. The van der Waals surface area contributed by atoms with Gasteiger partial charge in [-0.25, -0.2) is 4.79 Å². The topological polar surface area (TPSA) is 119 Å². The summed E-state index contributed by atoms with van der Waals surface area (Å²) in [6, 6.07) is 2.68. The van der Waals surface area contributed by atoms with Gasteiger partial charge >= 0.3 is 5.97 Å². The smallest absolute Gasteiger partial charge is 0.335 e. The molecule has 0 saturated carbocycles. The molecule has 0 radical (unpaired) electrons. The van der Waals surface area contributed by atoms with Gasteiger partial charge in [0.25, 0.3) is 0 Å². The molecule has 8 nitrogen and oxygen atoms in total. The Kier molecular flexibility index (Phi) is 5.15. The Bertz CT molecular complexity index is 543. The maximum Gasteiger partial charge on any atom is 0.335 e. The Morgan fingerprint density at radius 3 is 2.65 bits per heavy atom. The Balaban J connectivity index is 3.19. The number of carboxylic acid groups (broad SMARTS) is 1. The van der Waals surface area contributed by atoms with Crippen LogP contribution in [-0.2, 0) is 9.53 Å². The van der Waals surface area contributed by atoms with Crippen molar-refractivity contribution in [3.63, 3.8) is 0 Å². The van der Waals surface area contributed by atoms with Crippen LogP contribution in [0.3, 0.4) is 0 Å². The number of carbonyl (C=O) groups is 2. The highest BCUT2D eigenvalue weighted by Gasteiger charge is 2.22. The molecule has 0 aliphatic heterocycles. The highest BCUT2D eigenvalue weighted by molar-refractivity contribution is 5.95. The number of nitrogens with zero attached hydrogens (tertiary/aromatic N) is 1. The van der Waals surface area contributed by atoms with Gasteiger partial charge in [0.2, 0.25) is 11.9 Å². The number of nitro groups is 1. The molecule has 0 aliphatic rings. The van der Waals surface area contributed by atoms with Gasteiger partial charge in [-0.15, -0.1) is 0 Å². The first-order valence-corrected chi connectivity index (χ1v) is 5.66. The molecule has 0 heterocycles. The number of rotatable bonds is 6. The van der Waals surface area contributed by atoms with E-state index in [2.05, 4.69) is 10.1 Å². The van der Waals surface area contributed by atoms with E-state index < -0.39 is 22.8 Å². The van der Waals surface area contributed by atoms with Crippen LogP contribution in [0.4, 0.5) is 5.69 Å². The molecule has 8 heteroatoms. The van der Waals surface area contributed by atoms with Gasteiger partial charge in [-0.2, -0.15) is 0 Å². The lowest BCUT2D eigenvalue weighted by atomic mass is 10.0. The third-order valence-corrected chi connectivity index (χ3v) is 2.62. The number of hydrogen-bond acceptors (Lipinski definition) is 5. The molecule has 0 saturated heterocycles. The Hall–Kier alpha value is -2.48. The van der Waals surface area contributed by atoms with Crippen molar-refractivity contribution in [1.29, 1.82) is 0 Å². The highest BCUT2D eigenvalue weighted by atomic mass is 16.6. The normalized spacial score (nSPS) is 11.7. The summed E-state index contributed by atoms with van der Waals surface area (Å²) in [7, 11) is 1.33. The average molecular weight is 282 g/mol. The van der Waals surface area contributed by atoms with Gasteiger partial charge in [-0.3, -0.25) is 14.9 Å². The van der Waals surface area contributed by atoms with Crippen LogP contribution in [0.15, 0.2) is 18.2 Å². The van der Waals surface area contributed by atoms with Crippen molar-refractivity contribution in [3.05, 3.63) is 39.4 Å². The van der Waals surface area contributed by atoms with E-state index in [4.69, 9.17) is 5.11 Å². The Morgan fingerprint density at radius 2 is 2.15 bits per heavy atom. The monoisotopic (exact) mass is 282 g/mol. The molecule has 1 unspecified atom stereocenters. The maximum atomic E-state index is 11.5. The second-order valence-electron chi connectivity index (χ2n) is 4.05. The summed E-state index contributed by atoms with van der Waals surface area (Å²) in [5.41, 5.74) is 0.248. The molecule has 0 bridgehead atoms. The van der Waals surface area contributed by atoms with E-state index in [-0.39, 0.29) is 23.4 Å². The number of methoxy groups -OCH3 is 1. The number of anilines is 1. The first-order chi connectivity index (χ1) is 9.36. The minimum absolute atomic E-state index is 0.0722. The fourth-order valence-corrected chi connectivity index (χ4v) is 1.59. The minimum Gasteiger partial charge on any atom is -0.478 e. The number of carboxylic acids is 1. The highest BCUT2D eigenvalue weighted by Crippen LogP contribution is 2.26. The van der Waals surface area contributed by atoms with Crippen molar-refractivity contribution in [2.75, 3.05) is 19.0 Å². The summed E-state index contributed by atoms with van der Waals surface area (Å²) in [6.07, 6.45) is 0. The van der Waals surface area contributed by atoms with Gasteiger partial charge in [0.05, 0.1) is 11.3 Å². The van der Waals surface area contributed by atoms with Gasteiger partial charge < -0.3 is 15.2 Å². The molecular weight excluding hydrogens is 268 g/mol. The number of nitrogens with one attached hydrogen (secondary N) is 1. The second-order valence-corrected chi connectivity index (χ2v) is 4.05. The molecule has 0 fully saturated rings. The molecule has 108 valence electrons. The van der Waals surface area contributed by atoms with Crippen LogP contribution in [0.1, 0.15) is 28.9 Å². The zero-order valence-electron chi connectivity index (χ0n) is 11.0. The number of carbonyl (C=O) groups excluding carboxylic acids is 1. The molecule has 0 spiro atoms. The molecule has 1 rings (SSSR count). The lowest BCUT2D eigenvalue weighted by Gasteiger charge is -2.13. The minimum atomic E-state index is -1.19. The fraction of sp³-hybridized carbons (Fsp3) is 0.333. The van der Waals surface area contributed by atoms with E-state index in [9.17, 15) is 19.7 Å². The first-order valence-electron chi connectivity index (χ1n) is 5.66. The Morgan fingerprint density at radius 1 is 1.50 bits per heavy atom. The molecule has 1 aromatic rings. The van der Waals surface area contributed by atoms with Crippen molar-refractivity contribution < 1.29 is 24.4 Å². The van der Waals surface area contributed by atoms with Crippen LogP contribution in [0.25, 0.3) is 0 Å². The predicted molar refractivity (Wildman–Crippen MR) is 69.3 cm³/mol. The van der Waals surface area contributed by atoms with Crippen LogP contribution in [0.2, 0.25) is 0 Å². The summed E-state index contributed by atoms with van der Waals surface area (Å²) in [5.74, 6) is -1.71. The van der Waals surface area contributed by atoms with Gasteiger partial charge in [0, 0.05) is 24.5 Å². The second kappa shape index (κ2) is 6.62. The van der Waals surface area contributed by atoms with Crippen molar-refractivity contribution >= 4 is 17.6 Å². The van der Waals surface area contributed by atoms with E-state index in [0.717, 1.165) is 0 Å².